The Morgan fingerprint density at radius 2 is 0.563 bits per heavy atom. The second-order valence-corrected chi connectivity index (χ2v) is 32.6. The van der Waals surface area contributed by atoms with Crippen molar-refractivity contribution < 1.29 is 85.8 Å². The van der Waals surface area contributed by atoms with E-state index in [1.165, 1.54) is 24.3 Å². The lowest BCUT2D eigenvalue weighted by Crippen LogP contribution is -2.52. The van der Waals surface area contributed by atoms with Gasteiger partial charge in [0.25, 0.3) is 23.6 Å². The van der Waals surface area contributed by atoms with E-state index in [-0.39, 0.29) is 210 Å². The lowest BCUT2D eigenvalue weighted by molar-refractivity contribution is -0.139. The van der Waals surface area contributed by atoms with E-state index >= 15 is 28.8 Å². The first-order valence-corrected chi connectivity index (χ1v) is 41.6. The van der Waals surface area contributed by atoms with Gasteiger partial charge in [-0.3, -0.25) is 38.6 Å². The van der Waals surface area contributed by atoms with Crippen molar-refractivity contribution in [1.29, 1.82) is 0 Å². The van der Waals surface area contributed by atoms with Gasteiger partial charge in [0.1, 0.15) is 58.1 Å². The fourth-order valence-corrected chi connectivity index (χ4v) is 16.0. The maximum absolute atomic E-state index is 16.8. The Morgan fingerprint density at radius 3 is 0.810 bits per heavy atom. The van der Waals surface area contributed by atoms with E-state index in [9.17, 15) is 19.2 Å². The van der Waals surface area contributed by atoms with Crippen LogP contribution in [-0.2, 0) is 73.4 Å². The fraction of sp³-hybridized carbons (Fsp3) is 0.212. The number of nitrogens with one attached hydrogen (secondary N) is 2. The number of esters is 4. The molecule has 126 heavy (non-hydrogen) atoms. The Bertz CT molecular complexity index is 5970. The summed E-state index contributed by atoms with van der Waals surface area (Å²) in [6, 6.07) is 56.8. The monoisotopic (exact) mass is 1680 g/mol. The van der Waals surface area contributed by atoms with Crippen LogP contribution in [0.3, 0.4) is 0 Å². The minimum Gasteiger partial charge on any atom is -0.462 e. The summed E-state index contributed by atoms with van der Waals surface area (Å²) in [6.45, 7) is 28.7. The van der Waals surface area contributed by atoms with E-state index in [2.05, 4.69) is 36.9 Å². The third kappa shape index (κ3) is 17.8. The van der Waals surface area contributed by atoms with E-state index in [1.54, 1.807) is 149 Å². The number of nitrogens with zero attached hydrogens (tertiary/aromatic N) is 2. The van der Waals surface area contributed by atoms with E-state index in [4.69, 9.17) is 37.9 Å². The Labute approximate surface area is 727 Å². The summed E-state index contributed by atoms with van der Waals surface area (Å²) in [6.07, 6.45) is 1.12. The Balaban J connectivity index is 1.04. The number of carbonyl (C=O) groups is 10. The van der Waals surface area contributed by atoms with Gasteiger partial charge in [0, 0.05) is 113 Å². The number of imide groups is 2. The number of amides is 6. The van der Waals surface area contributed by atoms with Gasteiger partial charge >= 0.3 is 23.9 Å². The highest BCUT2D eigenvalue weighted by atomic mass is 16.5. The van der Waals surface area contributed by atoms with Gasteiger partial charge in [-0.2, -0.15) is 0 Å². The second kappa shape index (κ2) is 36.5. The summed E-state index contributed by atoms with van der Waals surface area (Å²) in [5, 5.41) is 10.3. The molecule has 22 heteroatoms. The van der Waals surface area contributed by atoms with Crippen molar-refractivity contribution >= 4 is 135 Å². The molecule has 22 nitrogen and oxygen atoms in total. The Kier molecular flexibility index (Phi) is 24.9. The van der Waals surface area contributed by atoms with Gasteiger partial charge in [0.15, 0.2) is 0 Å². The lowest BCUT2D eigenvalue weighted by atomic mass is 9.80. The summed E-state index contributed by atoms with van der Waals surface area (Å²) in [4.78, 5) is 151. The largest absolute Gasteiger partial charge is 0.462 e. The molecule has 0 bridgehead atoms. The Morgan fingerprint density at radius 1 is 0.317 bits per heavy atom. The van der Waals surface area contributed by atoms with Crippen LogP contribution < -0.4 is 29.6 Å². The zero-order valence-electron chi connectivity index (χ0n) is 71.1. The predicted octanol–water partition coefficient (Wildman–Crippen LogP) is 21.2. The molecular weight excluding hydrogens is 1590 g/mol. The molecule has 0 saturated heterocycles. The van der Waals surface area contributed by atoms with E-state index < -0.39 is 71.4 Å². The first kappa shape index (κ1) is 85.9. The van der Waals surface area contributed by atoms with Gasteiger partial charge < -0.3 is 48.5 Å². The SMILES string of the molecule is C=C(C)C(=O)OCCc1ccc(Oc2cc3c4c(cc(Oc5ccc(CCOC(=O)C(=C)C)cc5)c5c6c(Oc7ccc(CCOC(=O)C(=C)C)cc7)cc7c8c(cc(Oc9ccc(CCOC(=O)C(=C)C)cc9)c(c2c45)c86)C(=O)N(C(CC(C)C)C(=O)Nc2cccc4ccccc24)C7=O)C(=O)N(C(CC(C)C)C(=O)Nc2cccc4ccccc24)C3=O)cc1. The molecule has 13 aromatic carbocycles. The van der Waals surface area contributed by atoms with Crippen LogP contribution >= 0.6 is 0 Å². The fourth-order valence-electron chi connectivity index (χ4n) is 16.0. The summed E-state index contributed by atoms with van der Waals surface area (Å²) in [5.41, 5.74) is 4.34. The van der Waals surface area contributed by atoms with E-state index in [1.807, 2.05) is 88.4 Å². The van der Waals surface area contributed by atoms with Crippen LogP contribution in [0, 0.1) is 11.8 Å². The molecule has 2 aliphatic rings. The van der Waals surface area contributed by atoms with Crippen LogP contribution in [0.2, 0.25) is 0 Å². The third-order valence-electron chi connectivity index (χ3n) is 22.2. The minimum atomic E-state index is -1.47. The van der Waals surface area contributed by atoms with Crippen LogP contribution in [-0.4, -0.2) is 108 Å². The zero-order chi connectivity index (χ0) is 89.1. The predicted molar refractivity (Wildman–Crippen MR) is 484 cm³/mol. The molecule has 2 heterocycles. The molecular formula is C104H92N4O18. The molecule has 0 aromatic heterocycles. The number of rotatable bonds is 34. The highest BCUT2D eigenvalue weighted by molar-refractivity contribution is 6.45. The number of hydrogen-bond acceptors (Lipinski definition) is 18. The first-order valence-electron chi connectivity index (χ1n) is 41.6. The van der Waals surface area contributed by atoms with Crippen LogP contribution in [0.15, 0.2) is 255 Å². The molecule has 0 saturated carbocycles. The molecule has 13 aromatic rings. The smallest absolute Gasteiger partial charge is 0.333 e. The summed E-state index contributed by atoms with van der Waals surface area (Å²) >= 11 is 0. The average Bonchev–Trinajstić information content (AvgIpc) is 0.669. The molecule has 2 unspecified atom stereocenters. The van der Waals surface area contributed by atoms with Gasteiger partial charge in [0.05, 0.1) is 48.7 Å². The molecule has 6 amide bonds. The summed E-state index contributed by atoms with van der Waals surface area (Å²) in [7, 11) is 0. The number of ether oxygens (including phenoxy) is 8. The molecule has 0 radical (unpaired) electrons. The quantitative estimate of drug-likeness (QED) is 0.00947. The highest BCUT2D eigenvalue weighted by Crippen LogP contribution is 2.58. The first-order chi connectivity index (χ1) is 60.6. The molecule has 2 N–H and O–H groups in total. The average molecular weight is 1690 g/mol. The van der Waals surface area contributed by atoms with Crippen LogP contribution in [0.4, 0.5) is 11.4 Å². The maximum atomic E-state index is 16.8. The molecule has 636 valence electrons. The zero-order valence-corrected chi connectivity index (χ0v) is 71.1. The van der Waals surface area contributed by atoms with Crippen LogP contribution in [0.1, 0.15) is 132 Å². The van der Waals surface area contributed by atoms with Crippen molar-refractivity contribution in [3.63, 3.8) is 0 Å². The van der Waals surface area contributed by atoms with Crippen molar-refractivity contribution in [2.45, 2.75) is 106 Å². The molecule has 2 aliphatic heterocycles. The standard InChI is InChI=1S/C104H92N4O18/c1-57(2)51-81(95(109)105-79-25-17-21-67-19-13-15-23-73(67)79)107-97(111)75-53-83(123-69-35-27-63(28-36-69)43-47-119-101(115)59(5)6)89-91-85(125-71-39-31-65(32-40-71)45-49-121-103(117)61(9)10)55-77-88-78(100(114)108(99(77)113)82(52-58(3)4)96(110)106-80-26-18-22-68-20-14-16-24-74(68)80)56-86(126-72-41-33-66(34-42-72)46-50-122-104(118)62(11)12)92(94(88)91)90-84(54-76(98(107)112)87(75)93(89)90)124-70-37-29-64(30-38-70)44-48-120-102(116)60(7)8/h13-42,53-58,81-82H,5,7,9,11,43-52H2,1-4,6,8,10,12H3,(H,105,109)(H,106,110). The molecule has 0 fully saturated rings. The van der Waals surface area contributed by atoms with Crippen molar-refractivity contribution in [3.8, 4) is 46.0 Å². The Hall–Kier alpha value is -15.1. The topological polar surface area (TPSA) is 275 Å². The van der Waals surface area contributed by atoms with E-state index in [0.29, 0.717) is 22.1 Å². The number of hydrogen-bond donors (Lipinski definition) is 2. The number of fused-ring (bicyclic) bond motifs is 4. The number of anilines is 2. The number of carbonyl (C=O) groups excluding carboxylic acids is 10. The normalized spacial score (nSPS) is 12.9. The second-order valence-electron chi connectivity index (χ2n) is 32.6. The minimum absolute atomic E-state index is 0.0107. The van der Waals surface area contributed by atoms with Crippen molar-refractivity contribution in [1.82, 2.24) is 9.80 Å². The van der Waals surface area contributed by atoms with Crippen molar-refractivity contribution in [2.75, 3.05) is 37.1 Å². The van der Waals surface area contributed by atoms with Crippen molar-refractivity contribution in [3.05, 3.63) is 299 Å². The lowest BCUT2D eigenvalue weighted by Gasteiger charge is -2.36. The third-order valence-corrected chi connectivity index (χ3v) is 22.2. The van der Waals surface area contributed by atoms with Crippen LogP contribution in [0.5, 0.6) is 46.0 Å². The highest BCUT2D eigenvalue weighted by Gasteiger charge is 2.47. The molecule has 15 rings (SSSR count). The van der Waals surface area contributed by atoms with E-state index in [0.717, 1.165) is 42.8 Å². The summed E-state index contributed by atoms with van der Waals surface area (Å²) in [5.74, 6) is -7.06. The van der Waals surface area contributed by atoms with Gasteiger partial charge in [-0.15, -0.1) is 0 Å². The number of benzene rings is 13. The van der Waals surface area contributed by atoms with Crippen molar-refractivity contribution in [2.24, 2.45) is 11.8 Å². The van der Waals surface area contributed by atoms with Gasteiger partial charge in [-0.1, -0.05) is 175 Å². The maximum Gasteiger partial charge on any atom is 0.333 e. The van der Waals surface area contributed by atoms with Gasteiger partial charge in [0.2, 0.25) is 11.8 Å². The molecule has 2 atom stereocenters. The van der Waals surface area contributed by atoms with Gasteiger partial charge in [-0.25, -0.2) is 19.2 Å². The van der Waals surface area contributed by atoms with Gasteiger partial charge in [-0.05, 0) is 170 Å². The molecule has 0 aliphatic carbocycles. The molecule has 0 spiro atoms. The van der Waals surface area contributed by atoms with Crippen LogP contribution in [0.25, 0.3) is 64.6 Å². The summed E-state index contributed by atoms with van der Waals surface area (Å²) < 4.78 is 51.5.